The zero-order valence-corrected chi connectivity index (χ0v) is 11.1. The molecule has 18 heavy (non-hydrogen) atoms. The summed E-state index contributed by atoms with van der Waals surface area (Å²) in [5.41, 5.74) is 1.66. The topological polar surface area (TPSA) is 24.1 Å². The first kappa shape index (κ1) is 12.2. The zero-order valence-electron chi connectivity index (χ0n) is 11.1. The maximum absolute atomic E-state index is 3.86. The molecule has 1 aromatic carbocycles. The highest BCUT2D eigenvalue weighted by molar-refractivity contribution is 5.27. The molecule has 1 aliphatic heterocycles. The van der Waals surface area contributed by atoms with E-state index in [4.69, 9.17) is 0 Å². The van der Waals surface area contributed by atoms with Crippen molar-refractivity contribution in [2.75, 3.05) is 19.6 Å². The van der Waals surface area contributed by atoms with Gasteiger partial charge in [-0.2, -0.15) is 0 Å². The van der Waals surface area contributed by atoms with Crippen molar-refractivity contribution in [3.05, 3.63) is 35.9 Å². The number of nitrogens with one attached hydrogen (secondary N) is 2. The van der Waals surface area contributed by atoms with E-state index in [2.05, 4.69) is 41.0 Å². The van der Waals surface area contributed by atoms with E-state index >= 15 is 0 Å². The summed E-state index contributed by atoms with van der Waals surface area (Å²) in [6.45, 7) is 3.27. The van der Waals surface area contributed by atoms with Crippen molar-refractivity contribution in [1.29, 1.82) is 0 Å². The van der Waals surface area contributed by atoms with Gasteiger partial charge in [0, 0.05) is 19.6 Å². The van der Waals surface area contributed by atoms with Crippen LogP contribution in [0.4, 0.5) is 0 Å². The Morgan fingerprint density at radius 1 is 0.944 bits per heavy atom. The first-order chi connectivity index (χ1) is 8.92. The van der Waals surface area contributed by atoms with Crippen LogP contribution >= 0.6 is 0 Å². The van der Waals surface area contributed by atoms with Gasteiger partial charge in [-0.25, -0.2) is 0 Å². The summed E-state index contributed by atoms with van der Waals surface area (Å²) in [6, 6.07) is 11.1. The summed E-state index contributed by atoms with van der Waals surface area (Å²) in [7, 11) is 0. The van der Waals surface area contributed by atoms with Crippen LogP contribution in [0.25, 0.3) is 0 Å². The second-order valence-electron chi connectivity index (χ2n) is 5.78. The summed E-state index contributed by atoms with van der Waals surface area (Å²) in [6.07, 6.45) is 6.99. The van der Waals surface area contributed by atoms with E-state index in [0.29, 0.717) is 0 Å². The third-order valence-electron chi connectivity index (χ3n) is 4.74. The van der Waals surface area contributed by atoms with Gasteiger partial charge in [0.1, 0.15) is 0 Å². The SMILES string of the molecule is c1ccc(C2(C3CCCCC3)CNCCN2)cc1. The number of hydrogen-bond acceptors (Lipinski definition) is 2. The molecule has 2 N–H and O–H groups in total. The van der Waals surface area contributed by atoms with Gasteiger partial charge in [-0.05, 0) is 24.3 Å². The van der Waals surface area contributed by atoms with Gasteiger partial charge in [0.05, 0.1) is 5.54 Å². The average Bonchev–Trinajstić information content (AvgIpc) is 2.50. The molecule has 2 aliphatic rings. The third-order valence-corrected chi connectivity index (χ3v) is 4.74. The van der Waals surface area contributed by atoms with Gasteiger partial charge >= 0.3 is 0 Å². The first-order valence-corrected chi connectivity index (χ1v) is 7.43. The van der Waals surface area contributed by atoms with Gasteiger partial charge in [-0.3, -0.25) is 0 Å². The first-order valence-electron chi connectivity index (χ1n) is 7.43. The van der Waals surface area contributed by atoms with Gasteiger partial charge in [0.2, 0.25) is 0 Å². The van der Waals surface area contributed by atoms with Crippen LogP contribution in [0.1, 0.15) is 37.7 Å². The van der Waals surface area contributed by atoms with Crippen molar-refractivity contribution in [3.63, 3.8) is 0 Å². The molecule has 2 heteroatoms. The number of piperazine rings is 1. The Hall–Kier alpha value is -0.860. The van der Waals surface area contributed by atoms with Crippen molar-refractivity contribution >= 4 is 0 Å². The minimum absolute atomic E-state index is 0.180. The van der Waals surface area contributed by atoms with Crippen molar-refractivity contribution in [3.8, 4) is 0 Å². The predicted molar refractivity (Wildman–Crippen MR) is 75.6 cm³/mol. The normalized spacial score (nSPS) is 30.2. The van der Waals surface area contributed by atoms with Crippen LogP contribution in [0.3, 0.4) is 0 Å². The van der Waals surface area contributed by atoms with E-state index < -0.39 is 0 Å². The largest absolute Gasteiger partial charge is 0.313 e. The van der Waals surface area contributed by atoms with Crippen LogP contribution in [-0.2, 0) is 5.54 Å². The lowest BCUT2D eigenvalue weighted by Crippen LogP contribution is -2.60. The monoisotopic (exact) mass is 244 g/mol. The molecular weight excluding hydrogens is 220 g/mol. The van der Waals surface area contributed by atoms with Crippen LogP contribution < -0.4 is 10.6 Å². The molecule has 1 atom stereocenters. The fourth-order valence-corrected chi connectivity index (χ4v) is 3.78. The second-order valence-corrected chi connectivity index (χ2v) is 5.78. The van der Waals surface area contributed by atoms with E-state index in [1.165, 1.54) is 37.7 Å². The van der Waals surface area contributed by atoms with Crippen LogP contribution in [0, 0.1) is 5.92 Å². The quantitative estimate of drug-likeness (QED) is 0.836. The van der Waals surface area contributed by atoms with Crippen LogP contribution in [0.2, 0.25) is 0 Å². The average molecular weight is 244 g/mol. The lowest BCUT2D eigenvalue weighted by atomic mass is 9.70. The second kappa shape index (κ2) is 5.41. The Morgan fingerprint density at radius 2 is 1.72 bits per heavy atom. The molecule has 98 valence electrons. The van der Waals surface area contributed by atoms with Gasteiger partial charge in [0.25, 0.3) is 0 Å². The summed E-state index contributed by atoms with van der Waals surface area (Å²) < 4.78 is 0. The van der Waals surface area contributed by atoms with E-state index in [1.807, 2.05) is 0 Å². The fraction of sp³-hybridized carbons (Fsp3) is 0.625. The molecule has 0 radical (unpaired) electrons. The molecule has 1 heterocycles. The Labute approximate surface area is 110 Å². The molecule has 1 unspecified atom stereocenters. The van der Waals surface area contributed by atoms with Gasteiger partial charge in [-0.15, -0.1) is 0 Å². The maximum Gasteiger partial charge on any atom is 0.0589 e. The van der Waals surface area contributed by atoms with Gasteiger partial charge in [0.15, 0.2) is 0 Å². The van der Waals surface area contributed by atoms with Crippen LogP contribution in [0.5, 0.6) is 0 Å². The summed E-state index contributed by atoms with van der Waals surface area (Å²) in [5.74, 6) is 0.793. The summed E-state index contributed by atoms with van der Waals surface area (Å²) >= 11 is 0. The minimum Gasteiger partial charge on any atom is -0.313 e. The molecular formula is C16H24N2. The molecule has 0 aromatic heterocycles. The molecule has 0 bridgehead atoms. The zero-order chi connectivity index (χ0) is 12.3. The molecule has 1 saturated heterocycles. The van der Waals surface area contributed by atoms with E-state index in [1.54, 1.807) is 0 Å². The van der Waals surface area contributed by atoms with Gasteiger partial charge in [-0.1, -0.05) is 49.6 Å². The highest BCUT2D eigenvalue weighted by Crippen LogP contribution is 2.39. The molecule has 1 aliphatic carbocycles. The maximum atomic E-state index is 3.86. The smallest absolute Gasteiger partial charge is 0.0589 e. The van der Waals surface area contributed by atoms with Crippen LogP contribution in [0.15, 0.2) is 30.3 Å². The van der Waals surface area contributed by atoms with Crippen molar-refractivity contribution in [2.45, 2.75) is 37.6 Å². The third kappa shape index (κ3) is 2.19. The van der Waals surface area contributed by atoms with Crippen molar-refractivity contribution in [2.24, 2.45) is 5.92 Å². The minimum atomic E-state index is 0.180. The van der Waals surface area contributed by atoms with E-state index in [9.17, 15) is 0 Å². The lowest BCUT2D eigenvalue weighted by molar-refractivity contribution is 0.137. The lowest BCUT2D eigenvalue weighted by Gasteiger charge is -2.46. The predicted octanol–water partition coefficient (Wildman–Crippen LogP) is 2.66. The van der Waals surface area contributed by atoms with Gasteiger partial charge < -0.3 is 10.6 Å². The molecule has 3 rings (SSSR count). The van der Waals surface area contributed by atoms with Crippen molar-refractivity contribution in [1.82, 2.24) is 10.6 Å². The highest BCUT2D eigenvalue weighted by atomic mass is 15.1. The Morgan fingerprint density at radius 3 is 2.39 bits per heavy atom. The molecule has 0 spiro atoms. The fourth-order valence-electron chi connectivity index (χ4n) is 3.78. The Kier molecular flexibility index (Phi) is 3.67. The number of benzene rings is 1. The molecule has 0 amide bonds. The van der Waals surface area contributed by atoms with Crippen LogP contribution in [-0.4, -0.2) is 19.6 Å². The van der Waals surface area contributed by atoms with E-state index in [0.717, 1.165) is 25.6 Å². The molecule has 2 nitrogen and oxygen atoms in total. The Balaban J connectivity index is 1.92. The molecule has 1 saturated carbocycles. The van der Waals surface area contributed by atoms with Crippen molar-refractivity contribution < 1.29 is 0 Å². The summed E-state index contributed by atoms with van der Waals surface area (Å²) in [5, 5.41) is 7.47. The van der Waals surface area contributed by atoms with E-state index in [-0.39, 0.29) is 5.54 Å². The number of hydrogen-bond donors (Lipinski definition) is 2. The molecule has 2 fully saturated rings. The summed E-state index contributed by atoms with van der Waals surface area (Å²) in [4.78, 5) is 0. The highest BCUT2D eigenvalue weighted by Gasteiger charge is 2.41. The Bertz CT molecular complexity index is 362. The molecule has 1 aromatic rings. The number of rotatable bonds is 2. The standard InChI is InChI=1S/C16H24N2/c1-3-7-14(8-4-1)16(13-17-11-12-18-16)15-9-5-2-6-10-15/h1,3-4,7-8,15,17-18H,2,5-6,9-13H2.